The molecule has 0 aromatic heterocycles. The van der Waals surface area contributed by atoms with Gasteiger partial charge in [-0.05, 0) is 39.1 Å². The number of nitrogen functional groups attached to an aromatic ring is 1. The van der Waals surface area contributed by atoms with Crippen LogP contribution in [0, 0.1) is 0 Å². The number of nitrogens with one attached hydrogen (secondary N) is 1. The minimum absolute atomic E-state index is 0.151. The van der Waals surface area contributed by atoms with Crippen molar-refractivity contribution in [2.45, 2.75) is 19.4 Å². The predicted molar refractivity (Wildman–Crippen MR) is 75.4 cm³/mol. The Morgan fingerprint density at radius 3 is 3.00 bits per heavy atom. The molecule has 1 unspecified atom stereocenters. The number of hydrogen-bond donors (Lipinski definition) is 2. The molecule has 0 saturated carbocycles. The molecule has 0 aliphatic carbocycles. The first-order chi connectivity index (χ1) is 9.11. The lowest BCUT2D eigenvalue weighted by molar-refractivity contribution is 0.0935. The maximum Gasteiger partial charge on any atom is 0.257 e. The number of nitrogens with zero attached hydrogens (tertiary/aromatic N) is 1. The van der Waals surface area contributed by atoms with Crippen LogP contribution >= 0.6 is 0 Å². The van der Waals surface area contributed by atoms with E-state index in [-0.39, 0.29) is 11.9 Å². The van der Waals surface area contributed by atoms with Gasteiger partial charge in [0.05, 0.1) is 6.61 Å². The van der Waals surface area contributed by atoms with Gasteiger partial charge in [-0.1, -0.05) is 6.07 Å². The van der Waals surface area contributed by atoms with Crippen LogP contribution in [-0.2, 0) is 0 Å². The lowest BCUT2D eigenvalue weighted by Gasteiger charge is -2.16. The van der Waals surface area contributed by atoms with Crippen LogP contribution in [0.25, 0.3) is 0 Å². The van der Waals surface area contributed by atoms with E-state index in [2.05, 4.69) is 17.3 Å². The molecule has 2 rings (SSSR count). The highest BCUT2D eigenvalue weighted by atomic mass is 16.5. The third-order valence-electron chi connectivity index (χ3n) is 3.31. The molecular formula is C14H21N3O2. The smallest absolute Gasteiger partial charge is 0.257 e. The number of anilines is 1. The number of amides is 1. The Kier molecular flexibility index (Phi) is 4.27. The van der Waals surface area contributed by atoms with E-state index < -0.39 is 0 Å². The largest absolute Gasteiger partial charge is 0.493 e. The van der Waals surface area contributed by atoms with E-state index in [1.807, 2.05) is 6.92 Å². The van der Waals surface area contributed by atoms with Gasteiger partial charge in [0.1, 0.15) is 11.3 Å². The van der Waals surface area contributed by atoms with E-state index in [0.29, 0.717) is 23.6 Å². The molecular weight excluding hydrogens is 242 g/mol. The number of likely N-dealkylation sites (tertiary alicyclic amines) is 1. The average Bonchev–Trinajstić information content (AvgIpc) is 2.75. The summed E-state index contributed by atoms with van der Waals surface area (Å²) in [7, 11) is 2.05. The molecule has 1 fully saturated rings. The first kappa shape index (κ1) is 13.7. The molecule has 1 aliphatic heterocycles. The Hall–Kier alpha value is -1.75. The Morgan fingerprint density at radius 1 is 1.58 bits per heavy atom. The predicted octanol–water partition coefficient (Wildman–Crippen LogP) is 1.10. The molecule has 1 atom stereocenters. The van der Waals surface area contributed by atoms with E-state index in [1.165, 1.54) is 0 Å². The topological polar surface area (TPSA) is 67.6 Å². The van der Waals surface area contributed by atoms with Gasteiger partial charge in [0.15, 0.2) is 0 Å². The summed E-state index contributed by atoms with van der Waals surface area (Å²) in [6.45, 7) is 4.28. The standard InChI is InChI=1S/C14H21N3O2/c1-3-19-12-6-4-5-11(15)13(12)14(18)16-10-7-8-17(2)9-10/h4-6,10H,3,7-9,15H2,1-2H3,(H,16,18). The van der Waals surface area contributed by atoms with E-state index in [9.17, 15) is 4.79 Å². The molecule has 1 heterocycles. The zero-order valence-corrected chi connectivity index (χ0v) is 11.5. The molecule has 1 saturated heterocycles. The fraction of sp³-hybridized carbons (Fsp3) is 0.500. The van der Waals surface area contributed by atoms with Crippen LogP contribution in [0.4, 0.5) is 5.69 Å². The quantitative estimate of drug-likeness (QED) is 0.798. The minimum Gasteiger partial charge on any atom is -0.493 e. The molecule has 5 nitrogen and oxygen atoms in total. The highest BCUT2D eigenvalue weighted by Gasteiger charge is 2.24. The Bertz CT molecular complexity index is 462. The third kappa shape index (κ3) is 3.17. The summed E-state index contributed by atoms with van der Waals surface area (Å²) in [5, 5.41) is 3.02. The maximum absolute atomic E-state index is 12.3. The van der Waals surface area contributed by atoms with Crippen molar-refractivity contribution in [3.05, 3.63) is 23.8 Å². The van der Waals surface area contributed by atoms with Crippen molar-refractivity contribution in [2.24, 2.45) is 0 Å². The van der Waals surface area contributed by atoms with Crippen molar-refractivity contribution >= 4 is 11.6 Å². The van der Waals surface area contributed by atoms with Gasteiger partial charge in [0.25, 0.3) is 5.91 Å². The zero-order valence-electron chi connectivity index (χ0n) is 11.5. The monoisotopic (exact) mass is 263 g/mol. The van der Waals surface area contributed by atoms with Gasteiger partial charge in [-0.25, -0.2) is 0 Å². The van der Waals surface area contributed by atoms with Crippen LogP contribution in [0.1, 0.15) is 23.7 Å². The number of likely N-dealkylation sites (N-methyl/N-ethyl adjacent to an activating group) is 1. The number of carbonyl (C=O) groups is 1. The number of nitrogens with two attached hydrogens (primary N) is 1. The van der Waals surface area contributed by atoms with Gasteiger partial charge >= 0.3 is 0 Å². The Morgan fingerprint density at radius 2 is 2.37 bits per heavy atom. The Labute approximate surface area is 113 Å². The van der Waals surface area contributed by atoms with Crippen molar-refractivity contribution < 1.29 is 9.53 Å². The number of benzene rings is 1. The molecule has 0 bridgehead atoms. The van der Waals surface area contributed by atoms with E-state index in [1.54, 1.807) is 18.2 Å². The van der Waals surface area contributed by atoms with Crippen LogP contribution < -0.4 is 15.8 Å². The van der Waals surface area contributed by atoms with Gasteiger partial charge in [-0.2, -0.15) is 0 Å². The Balaban J connectivity index is 2.13. The number of carbonyl (C=O) groups excluding carboxylic acids is 1. The van der Waals surface area contributed by atoms with E-state index in [0.717, 1.165) is 19.5 Å². The van der Waals surface area contributed by atoms with E-state index >= 15 is 0 Å². The van der Waals surface area contributed by atoms with Crippen molar-refractivity contribution in [2.75, 3.05) is 32.5 Å². The first-order valence-electron chi connectivity index (χ1n) is 6.62. The summed E-state index contributed by atoms with van der Waals surface area (Å²) in [6, 6.07) is 5.47. The molecule has 5 heteroatoms. The van der Waals surface area contributed by atoms with Crippen molar-refractivity contribution in [3.8, 4) is 5.75 Å². The second-order valence-corrected chi connectivity index (χ2v) is 4.87. The van der Waals surface area contributed by atoms with Crippen molar-refractivity contribution in [3.63, 3.8) is 0 Å². The van der Waals surface area contributed by atoms with Crippen molar-refractivity contribution in [1.29, 1.82) is 0 Å². The second kappa shape index (κ2) is 5.93. The van der Waals surface area contributed by atoms with Crippen LogP contribution in [0.5, 0.6) is 5.75 Å². The van der Waals surface area contributed by atoms with Crippen LogP contribution in [-0.4, -0.2) is 43.6 Å². The molecule has 19 heavy (non-hydrogen) atoms. The normalized spacial score (nSPS) is 19.4. The molecule has 3 N–H and O–H groups in total. The molecule has 1 amide bonds. The fourth-order valence-electron chi connectivity index (χ4n) is 2.38. The molecule has 1 aromatic rings. The summed E-state index contributed by atoms with van der Waals surface area (Å²) in [5.74, 6) is 0.396. The lowest BCUT2D eigenvalue weighted by atomic mass is 10.1. The highest BCUT2D eigenvalue weighted by Crippen LogP contribution is 2.24. The lowest BCUT2D eigenvalue weighted by Crippen LogP contribution is -2.37. The minimum atomic E-state index is -0.151. The summed E-state index contributed by atoms with van der Waals surface area (Å²) < 4.78 is 5.47. The maximum atomic E-state index is 12.3. The molecule has 0 radical (unpaired) electrons. The third-order valence-corrected chi connectivity index (χ3v) is 3.31. The molecule has 1 aromatic carbocycles. The van der Waals surface area contributed by atoms with Crippen LogP contribution in [0.2, 0.25) is 0 Å². The van der Waals surface area contributed by atoms with Gasteiger partial charge in [0, 0.05) is 18.3 Å². The number of rotatable bonds is 4. The summed E-state index contributed by atoms with van der Waals surface area (Å²) in [4.78, 5) is 14.5. The fourth-order valence-corrected chi connectivity index (χ4v) is 2.38. The summed E-state index contributed by atoms with van der Waals surface area (Å²) in [5.41, 5.74) is 6.80. The summed E-state index contributed by atoms with van der Waals surface area (Å²) >= 11 is 0. The van der Waals surface area contributed by atoms with Gasteiger partial charge in [0.2, 0.25) is 0 Å². The van der Waals surface area contributed by atoms with Gasteiger partial charge in [-0.3, -0.25) is 4.79 Å². The summed E-state index contributed by atoms with van der Waals surface area (Å²) in [6.07, 6.45) is 0.971. The number of hydrogen-bond acceptors (Lipinski definition) is 4. The van der Waals surface area contributed by atoms with Gasteiger partial charge < -0.3 is 20.7 Å². The average molecular weight is 263 g/mol. The number of ether oxygens (including phenoxy) is 1. The second-order valence-electron chi connectivity index (χ2n) is 4.87. The highest BCUT2D eigenvalue weighted by molar-refractivity contribution is 6.02. The van der Waals surface area contributed by atoms with E-state index in [4.69, 9.17) is 10.5 Å². The molecule has 1 aliphatic rings. The van der Waals surface area contributed by atoms with Crippen LogP contribution in [0.3, 0.4) is 0 Å². The van der Waals surface area contributed by atoms with Crippen molar-refractivity contribution in [1.82, 2.24) is 10.2 Å². The van der Waals surface area contributed by atoms with Gasteiger partial charge in [-0.15, -0.1) is 0 Å². The molecule has 0 spiro atoms. The molecule has 104 valence electrons. The van der Waals surface area contributed by atoms with Crippen LogP contribution in [0.15, 0.2) is 18.2 Å². The first-order valence-corrected chi connectivity index (χ1v) is 6.62. The zero-order chi connectivity index (χ0) is 13.8. The SMILES string of the molecule is CCOc1cccc(N)c1C(=O)NC1CCN(C)C1.